The quantitative estimate of drug-likeness (QED) is 0.542. The molecule has 0 saturated heterocycles. The van der Waals surface area contributed by atoms with Gasteiger partial charge in [-0.05, 0) is 86.5 Å². The van der Waals surface area contributed by atoms with E-state index in [2.05, 4.69) is 26.8 Å². The lowest BCUT2D eigenvalue weighted by atomic mass is 9.47. The monoisotopic (exact) mass is 298 g/mol. The smallest absolute Gasteiger partial charge is 0.155 e. The van der Waals surface area contributed by atoms with Gasteiger partial charge in [0.05, 0.1) is 0 Å². The van der Waals surface area contributed by atoms with Gasteiger partial charge in [0.1, 0.15) is 0 Å². The zero-order valence-corrected chi connectivity index (χ0v) is 14.5. The molecule has 120 valence electrons. The third-order valence-corrected chi connectivity index (χ3v) is 8.16. The highest BCUT2D eigenvalue weighted by atomic mass is 16.1. The van der Waals surface area contributed by atoms with Crippen LogP contribution < -0.4 is 0 Å². The molecule has 3 fully saturated rings. The first-order valence-electron chi connectivity index (χ1n) is 9.38. The van der Waals surface area contributed by atoms with E-state index in [1.807, 2.05) is 6.08 Å². The number of rotatable bonds is 0. The largest absolute Gasteiger partial charge is 0.295 e. The van der Waals surface area contributed by atoms with Crippen molar-refractivity contribution in [3.8, 4) is 0 Å². The molecule has 4 rings (SSSR count). The Morgan fingerprint density at radius 1 is 1.00 bits per heavy atom. The van der Waals surface area contributed by atoms with Crippen LogP contribution >= 0.6 is 0 Å². The van der Waals surface area contributed by atoms with Crippen LogP contribution in [0.25, 0.3) is 0 Å². The van der Waals surface area contributed by atoms with Gasteiger partial charge in [0.2, 0.25) is 0 Å². The molecule has 0 heterocycles. The minimum atomic E-state index is 0.330. The van der Waals surface area contributed by atoms with E-state index in [1.54, 1.807) is 5.57 Å². The first-order valence-corrected chi connectivity index (χ1v) is 9.38. The van der Waals surface area contributed by atoms with E-state index in [1.165, 1.54) is 44.1 Å². The average Bonchev–Trinajstić information content (AvgIpc) is 2.84. The number of allylic oxidation sites excluding steroid dienone is 3. The maximum atomic E-state index is 11.9. The van der Waals surface area contributed by atoms with Crippen LogP contribution in [-0.4, -0.2) is 5.78 Å². The normalized spacial score (nSPS) is 49.4. The maximum Gasteiger partial charge on any atom is 0.155 e. The molecular weight excluding hydrogens is 268 g/mol. The van der Waals surface area contributed by atoms with E-state index >= 15 is 0 Å². The van der Waals surface area contributed by atoms with Crippen molar-refractivity contribution in [3.05, 3.63) is 23.3 Å². The fourth-order valence-corrected chi connectivity index (χ4v) is 6.88. The Morgan fingerprint density at radius 3 is 2.55 bits per heavy atom. The number of ketones is 1. The summed E-state index contributed by atoms with van der Waals surface area (Å²) >= 11 is 0. The Kier molecular flexibility index (Phi) is 3.23. The van der Waals surface area contributed by atoms with Crippen molar-refractivity contribution in [2.45, 2.75) is 72.1 Å². The Hall–Kier alpha value is -0.850. The van der Waals surface area contributed by atoms with Gasteiger partial charge in [-0.15, -0.1) is 0 Å². The van der Waals surface area contributed by atoms with Crippen molar-refractivity contribution in [2.75, 3.05) is 0 Å². The summed E-state index contributed by atoms with van der Waals surface area (Å²) in [5.74, 6) is 3.00. The number of hydrogen-bond donors (Lipinski definition) is 0. The van der Waals surface area contributed by atoms with Crippen molar-refractivity contribution in [2.24, 2.45) is 28.6 Å². The molecule has 5 unspecified atom stereocenters. The van der Waals surface area contributed by atoms with Gasteiger partial charge in [-0.1, -0.05) is 31.1 Å². The Balaban J connectivity index is 1.70. The molecule has 0 aliphatic heterocycles. The zero-order chi connectivity index (χ0) is 15.5. The molecule has 0 N–H and O–H groups in total. The molecule has 4 aliphatic carbocycles. The number of hydrogen-bond acceptors (Lipinski definition) is 1. The van der Waals surface area contributed by atoms with Crippen LogP contribution in [0.5, 0.6) is 0 Å². The molecule has 22 heavy (non-hydrogen) atoms. The fraction of sp³-hybridized carbons (Fsp3) is 0.762. The van der Waals surface area contributed by atoms with Crippen LogP contribution in [0.4, 0.5) is 0 Å². The third-order valence-electron chi connectivity index (χ3n) is 8.16. The standard InChI is InChI=1S/C21H30O/c1-4-14-6-8-18-17-7-5-15-13-16(22)9-11-21(15,3)19(17)10-12-20(14,18)2/h4,13,17-19H,5-12H2,1-3H3/b14-4-. The van der Waals surface area contributed by atoms with Crippen LogP contribution in [0.15, 0.2) is 23.3 Å². The second kappa shape index (κ2) is 4.82. The minimum Gasteiger partial charge on any atom is -0.295 e. The summed E-state index contributed by atoms with van der Waals surface area (Å²) in [6, 6.07) is 0. The van der Waals surface area contributed by atoms with Crippen LogP contribution in [0.3, 0.4) is 0 Å². The van der Waals surface area contributed by atoms with Crippen molar-refractivity contribution < 1.29 is 4.79 Å². The number of fused-ring (bicyclic) bond motifs is 5. The van der Waals surface area contributed by atoms with Crippen molar-refractivity contribution in [1.82, 2.24) is 0 Å². The summed E-state index contributed by atoms with van der Waals surface area (Å²) < 4.78 is 0. The first-order chi connectivity index (χ1) is 10.5. The highest BCUT2D eigenvalue weighted by molar-refractivity contribution is 5.91. The molecule has 0 amide bonds. The van der Waals surface area contributed by atoms with Gasteiger partial charge in [-0.25, -0.2) is 0 Å². The van der Waals surface area contributed by atoms with Gasteiger partial charge in [-0.3, -0.25) is 4.79 Å². The molecule has 0 aromatic carbocycles. The van der Waals surface area contributed by atoms with E-state index in [0.717, 1.165) is 30.6 Å². The highest BCUT2D eigenvalue weighted by Gasteiger charge is 2.57. The van der Waals surface area contributed by atoms with Crippen molar-refractivity contribution in [3.63, 3.8) is 0 Å². The summed E-state index contributed by atoms with van der Waals surface area (Å²) in [4.78, 5) is 11.9. The number of carbonyl (C=O) groups excluding carboxylic acids is 1. The molecule has 1 nitrogen and oxygen atoms in total. The molecule has 0 aromatic heterocycles. The summed E-state index contributed by atoms with van der Waals surface area (Å²) in [6.45, 7) is 7.27. The van der Waals surface area contributed by atoms with Crippen LogP contribution in [0, 0.1) is 28.6 Å². The average molecular weight is 298 g/mol. The molecule has 0 bridgehead atoms. The molecule has 4 aliphatic rings. The molecule has 3 saturated carbocycles. The molecule has 5 atom stereocenters. The van der Waals surface area contributed by atoms with E-state index in [-0.39, 0.29) is 0 Å². The zero-order valence-electron chi connectivity index (χ0n) is 14.5. The van der Waals surface area contributed by atoms with Gasteiger partial charge in [0.15, 0.2) is 5.78 Å². The van der Waals surface area contributed by atoms with Gasteiger partial charge in [0.25, 0.3) is 0 Å². The molecular formula is C21H30O. The third kappa shape index (κ3) is 1.80. The summed E-state index contributed by atoms with van der Waals surface area (Å²) in [5.41, 5.74) is 4.05. The van der Waals surface area contributed by atoms with Gasteiger partial charge >= 0.3 is 0 Å². The molecule has 0 aromatic rings. The maximum absolute atomic E-state index is 11.9. The Morgan fingerprint density at radius 2 is 1.77 bits per heavy atom. The topological polar surface area (TPSA) is 17.1 Å². The highest BCUT2D eigenvalue weighted by Crippen LogP contribution is 2.66. The van der Waals surface area contributed by atoms with Crippen LogP contribution in [0.1, 0.15) is 72.1 Å². The molecule has 0 radical (unpaired) electrons. The Bertz CT molecular complexity index is 568. The predicted molar refractivity (Wildman–Crippen MR) is 90.5 cm³/mol. The lowest BCUT2D eigenvalue weighted by Gasteiger charge is -2.57. The first kappa shape index (κ1) is 14.7. The minimum absolute atomic E-state index is 0.330. The summed E-state index contributed by atoms with van der Waals surface area (Å²) in [6.07, 6.45) is 14.3. The lowest BCUT2D eigenvalue weighted by Crippen LogP contribution is -2.49. The van der Waals surface area contributed by atoms with Gasteiger partial charge in [0, 0.05) is 6.42 Å². The Labute approximate surface area is 135 Å². The van der Waals surface area contributed by atoms with Crippen molar-refractivity contribution in [1.29, 1.82) is 0 Å². The predicted octanol–water partition coefficient (Wildman–Crippen LogP) is 5.46. The SMILES string of the molecule is C/C=C1/CCC2C3CCC4=CC(=O)CCC4(C)C3CCC12C. The van der Waals surface area contributed by atoms with Gasteiger partial charge < -0.3 is 0 Å². The second-order valence-corrected chi connectivity index (χ2v) is 8.78. The lowest BCUT2D eigenvalue weighted by molar-refractivity contribution is -0.117. The van der Waals surface area contributed by atoms with Crippen LogP contribution in [-0.2, 0) is 4.79 Å². The van der Waals surface area contributed by atoms with Crippen molar-refractivity contribution >= 4 is 5.78 Å². The number of carbonyl (C=O) groups is 1. The van der Waals surface area contributed by atoms with Crippen LogP contribution in [0.2, 0.25) is 0 Å². The van der Waals surface area contributed by atoms with E-state index in [0.29, 0.717) is 16.6 Å². The fourth-order valence-electron chi connectivity index (χ4n) is 6.88. The summed E-state index contributed by atoms with van der Waals surface area (Å²) in [7, 11) is 0. The molecule has 0 spiro atoms. The second-order valence-electron chi connectivity index (χ2n) is 8.78. The van der Waals surface area contributed by atoms with Gasteiger partial charge in [-0.2, -0.15) is 0 Å². The summed E-state index contributed by atoms with van der Waals surface area (Å²) in [5, 5.41) is 0. The van der Waals surface area contributed by atoms with E-state index in [4.69, 9.17) is 0 Å². The van der Waals surface area contributed by atoms with E-state index in [9.17, 15) is 4.79 Å². The van der Waals surface area contributed by atoms with E-state index < -0.39 is 0 Å². The molecule has 1 heteroatoms.